The van der Waals surface area contributed by atoms with E-state index in [9.17, 15) is 14.7 Å². The summed E-state index contributed by atoms with van der Waals surface area (Å²) in [5, 5.41) is 21.1. The van der Waals surface area contributed by atoms with Gasteiger partial charge in [-0.3, -0.25) is 10.1 Å². The van der Waals surface area contributed by atoms with Gasteiger partial charge in [-0.1, -0.05) is 26.0 Å². The van der Waals surface area contributed by atoms with Crippen LogP contribution in [0.4, 0.5) is 0 Å². The van der Waals surface area contributed by atoms with Gasteiger partial charge in [-0.05, 0) is 30.6 Å². The topological polar surface area (TPSA) is 113 Å². The highest BCUT2D eigenvalue weighted by Crippen LogP contribution is 2.37. The Hall–Kier alpha value is -1.24. The van der Waals surface area contributed by atoms with Crippen LogP contribution in [0.5, 0.6) is 0 Å². The zero-order valence-electron chi connectivity index (χ0n) is 12.6. The average molecular weight is 298 g/mol. The molecule has 0 aromatic rings. The second-order valence-corrected chi connectivity index (χ2v) is 6.02. The van der Waals surface area contributed by atoms with Crippen LogP contribution >= 0.6 is 0 Å². The first-order valence-corrected chi connectivity index (χ1v) is 7.40. The van der Waals surface area contributed by atoms with E-state index in [1.807, 2.05) is 6.08 Å². The lowest BCUT2D eigenvalue weighted by Gasteiger charge is -2.22. The van der Waals surface area contributed by atoms with Crippen LogP contribution < -0.4 is 11.1 Å². The lowest BCUT2D eigenvalue weighted by atomic mass is 9.91. The van der Waals surface area contributed by atoms with Gasteiger partial charge in [0.25, 0.3) is 0 Å². The lowest BCUT2D eigenvalue weighted by Crippen LogP contribution is -2.49. The van der Waals surface area contributed by atoms with Gasteiger partial charge >= 0.3 is 5.97 Å². The lowest BCUT2D eigenvalue weighted by molar-refractivity contribution is -0.138. The first-order valence-electron chi connectivity index (χ1n) is 7.40. The molecule has 0 aromatic carbocycles. The largest absolute Gasteiger partial charge is 0.481 e. The van der Waals surface area contributed by atoms with Crippen molar-refractivity contribution in [3.05, 3.63) is 12.2 Å². The second-order valence-electron chi connectivity index (χ2n) is 6.02. The highest BCUT2D eigenvalue weighted by Gasteiger charge is 2.28. The highest BCUT2D eigenvalue weighted by molar-refractivity contribution is 5.73. The van der Waals surface area contributed by atoms with Crippen LogP contribution in [0, 0.1) is 17.8 Å². The van der Waals surface area contributed by atoms with Crippen LogP contribution in [0.2, 0.25) is 0 Å². The Balaban J connectivity index is 2.51. The third-order valence-electron chi connectivity index (χ3n) is 4.26. The number of carboxylic acids is 1. The van der Waals surface area contributed by atoms with Gasteiger partial charge in [0, 0.05) is 0 Å². The molecule has 120 valence electrons. The molecule has 6 heteroatoms. The van der Waals surface area contributed by atoms with E-state index in [-0.39, 0.29) is 6.42 Å². The van der Waals surface area contributed by atoms with Gasteiger partial charge < -0.3 is 20.7 Å². The number of rotatable bonds is 8. The molecule has 0 amide bonds. The Morgan fingerprint density at radius 1 is 1.38 bits per heavy atom. The van der Waals surface area contributed by atoms with Crippen LogP contribution in [-0.4, -0.2) is 40.8 Å². The van der Waals surface area contributed by atoms with E-state index >= 15 is 0 Å². The van der Waals surface area contributed by atoms with Crippen molar-refractivity contribution >= 4 is 12.3 Å². The van der Waals surface area contributed by atoms with Crippen LogP contribution in [0.1, 0.15) is 33.1 Å². The molecule has 0 aliphatic heterocycles. The molecule has 1 saturated carbocycles. The molecule has 1 rings (SSSR count). The fraction of sp³-hybridized carbons (Fsp3) is 0.733. The van der Waals surface area contributed by atoms with Crippen molar-refractivity contribution in [1.29, 1.82) is 0 Å². The number of nitrogens with two attached hydrogens (primary N) is 1. The van der Waals surface area contributed by atoms with Crippen molar-refractivity contribution < 1.29 is 19.8 Å². The van der Waals surface area contributed by atoms with Crippen molar-refractivity contribution in [3.63, 3.8) is 0 Å². The Kier molecular flexibility index (Phi) is 7.01. The summed E-state index contributed by atoms with van der Waals surface area (Å²) in [5.41, 5.74) is 5.86. The number of hydrogen-bond donors (Lipinski definition) is 4. The molecule has 5 atom stereocenters. The maximum atomic E-state index is 10.8. The smallest absolute Gasteiger partial charge is 0.305 e. The number of carbonyl (C=O) groups is 2. The van der Waals surface area contributed by atoms with Crippen molar-refractivity contribution in [1.82, 2.24) is 5.32 Å². The minimum atomic E-state index is -1.15. The maximum Gasteiger partial charge on any atom is 0.305 e. The first kappa shape index (κ1) is 17.8. The minimum absolute atomic E-state index is 0.381. The van der Waals surface area contributed by atoms with E-state index < -0.39 is 24.3 Å². The fourth-order valence-electron chi connectivity index (χ4n) is 2.88. The SMILES string of the molecule is CC1CCC(C)C1C=CC(N)C(O)N[C@@H](C=O)CC(=O)O. The summed E-state index contributed by atoms with van der Waals surface area (Å²) in [6, 6.07) is -1.62. The van der Waals surface area contributed by atoms with Gasteiger partial charge in [-0.2, -0.15) is 0 Å². The van der Waals surface area contributed by atoms with Gasteiger partial charge in [0.2, 0.25) is 0 Å². The molecule has 21 heavy (non-hydrogen) atoms. The molecule has 1 aliphatic rings. The third-order valence-corrected chi connectivity index (χ3v) is 4.26. The number of hydrogen-bond acceptors (Lipinski definition) is 5. The Bertz CT molecular complexity index is 376. The number of allylic oxidation sites excluding steroid dienone is 1. The van der Waals surface area contributed by atoms with E-state index in [4.69, 9.17) is 10.8 Å². The molecule has 0 spiro atoms. The van der Waals surface area contributed by atoms with Crippen LogP contribution in [-0.2, 0) is 9.59 Å². The zero-order chi connectivity index (χ0) is 16.0. The summed E-state index contributed by atoms with van der Waals surface area (Å²) in [5.74, 6) is 0.542. The molecule has 1 fully saturated rings. The summed E-state index contributed by atoms with van der Waals surface area (Å²) < 4.78 is 0. The predicted octanol–water partition coefficient (Wildman–Crippen LogP) is 0.502. The normalized spacial score (nSPS) is 30.2. The van der Waals surface area contributed by atoms with Crippen LogP contribution in [0.25, 0.3) is 0 Å². The molecule has 6 nitrogen and oxygen atoms in total. The van der Waals surface area contributed by atoms with Crippen molar-refractivity contribution in [2.45, 2.75) is 51.4 Å². The van der Waals surface area contributed by atoms with Crippen molar-refractivity contribution in [2.24, 2.45) is 23.5 Å². The predicted molar refractivity (Wildman–Crippen MR) is 79.4 cm³/mol. The molecular weight excluding hydrogens is 272 g/mol. The van der Waals surface area contributed by atoms with Gasteiger partial charge in [0.1, 0.15) is 12.5 Å². The molecule has 4 unspecified atom stereocenters. The fourth-order valence-corrected chi connectivity index (χ4v) is 2.88. The number of carboxylic acid groups (broad SMARTS) is 1. The Morgan fingerprint density at radius 3 is 2.43 bits per heavy atom. The number of nitrogens with one attached hydrogen (secondary N) is 1. The average Bonchev–Trinajstić information content (AvgIpc) is 2.74. The van der Waals surface area contributed by atoms with E-state index in [1.54, 1.807) is 6.08 Å². The third kappa shape index (κ3) is 5.57. The van der Waals surface area contributed by atoms with Gasteiger partial charge in [0.05, 0.1) is 18.5 Å². The van der Waals surface area contributed by atoms with Crippen molar-refractivity contribution in [2.75, 3.05) is 0 Å². The molecule has 0 radical (unpaired) electrons. The number of carbonyl (C=O) groups excluding carboxylic acids is 1. The summed E-state index contributed by atoms with van der Waals surface area (Å²) in [6.45, 7) is 4.40. The first-order chi connectivity index (χ1) is 9.85. The summed E-state index contributed by atoms with van der Waals surface area (Å²) in [4.78, 5) is 21.3. The number of aliphatic hydroxyl groups excluding tert-OH is 1. The van der Waals surface area contributed by atoms with Gasteiger partial charge in [-0.15, -0.1) is 0 Å². The zero-order valence-corrected chi connectivity index (χ0v) is 12.6. The standard InChI is InChI=1S/C15H26N2O4/c1-9-3-4-10(2)12(9)5-6-13(16)15(21)17-11(8-18)7-14(19)20/h5-6,8-13,15,17,21H,3-4,7,16H2,1-2H3,(H,19,20)/t9?,10?,11-,12?,13?,15?/m1/s1. The number of aliphatic hydroxyl groups is 1. The van der Waals surface area contributed by atoms with Crippen molar-refractivity contribution in [3.8, 4) is 0 Å². The number of aldehydes is 1. The monoisotopic (exact) mass is 298 g/mol. The molecule has 0 saturated heterocycles. The second kappa shape index (κ2) is 8.26. The van der Waals surface area contributed by atoms with Crippen LogP contribution in [0.15, 0.2) is 12.2 Å². The van der Waals surface area contributed by atoms with Crippen LogP contribution in [0.3, 0.4) is 0 Å². The van der Waals surface area contributed by atoms with E-state index in [1.165, 1.54) is 12.8 Å². The molecule has 0 heterocycles. The summed E-state index contributed by atoms with van der Waals surface area (Å²) in [7, 11) is 0. The van der Waals surface area contributed by atoms with Gasteiger partial charge in [-0.25, -0.2) is 0 Å². The molecular formula is C15H26N2O4. The minimum Gasteiger partial charge on any atom is -0.481 e. The number of aliphatic carboxylic acids is 1. The van der Waals surface area contributed by atoms with E-state index in [0.717, 1.165) is 0 Å². The summed E-state index contributed by atoms with van der Waals surface area (Å²) >= 11 is 0. The Labute approximate surface area is 125 Å². The molecule has 1 aliphatic carbocycles. The highest BCUT2D eigenvalue weighted by atomic mass is 16.4. The summed E-state index contributed by atoms with van der Waals surface area (Å²) in [6.07, 6.45) is 5.09. The molecule has 0 aromatic heterocycles. The Morgan fingerprint density at radius 2 is 1.95 bits per heavy atom. The van der Waals surface area contributed by atoms with E-state index in [2.05, 4.69) is 19.2 Å². The van der Waals surface area contributed by atoms with E-state index in [0.29, 0.717) is 24.0 Å². The molecule has 0 bridgehead atoms. The maximum absolute atomic E-state index is 10.8. The molecule has 5 N–H and O–H groups in total. The van der Waals surface area contributed by atoms with Gasteiger partial charge in [0.15, 0.2) is 0 Å². The quantitative estimate of drug-likeness (QED) is 0.295.